The van der Waals surface area contributed by atoms with Gasteiger partial charge < -0.3 is 19.7 Å². The summed E-state index contributed by atoms with van der Waals surface area (Å²) in [5.41, 5.74) is 0.816. The van der Waals surface area contributed by atoms with E-state index in [1.807, 2.05) is 37.3 Å². The highest BCUT2D eigenvalue weighted by molar-refractivity contribution is 5.78. The van der Waals surface area contributed by atoms with Crippen molar-refractivity contribution in [3.05, 3.63) is 36.1 Å². The lowest BCUT2D eigenvalue weighted by Gasteiger charge is -2.23. The van der Waals surface area contributed by atoms with Crippen LogP contribution in [0.4, 0.5) is 4.79 Å². The zero-order valence-corrected chi connectivity index (χ0v) is 13.2. The second kappa shape index (κ2) is 7.84. The fraction of sp³-hybridized carbons (Fsp3) is 0.471. The van der Waals surface area contributed by atoms with Gasteiger partial charge in [-0.2, -0.15) is 0 Å². The van der Waals surface area contributed by atoms with Crippen LogP contribution in [0, 0.1) is 0 Å². The largest absolute Gasteiger partial charge is 0.459 e. The number of nitrogens with one attached hydrogen (secondary N) is 1. The predicted molar refractivity (Wildman–Crippen MR) is 86.7 cm³/mol. The third-order valence-corrected chi connectivity index (χ3v) is 3.65. The maximum Gasteiger partial charge on any atom is 0.318 e. The number of urea groups is 1. The monoisotopic (exact) mass is 304 g/mol. The van der Waals surface area contributed by atoms with Crippen LogP contribution in [0.2, 0.25) is 0 Å². The summed E-state index contributed by atoms with van der Waals surface area (Å²) in [6, 6.07) is 9.33. The van der Waals surface area contributed by atoms with Crippen molar-refractivity contribution in [2.45, 2.75) is 32.7 Å². The number of amides is 2. The number of para-hydroxylation sites is 1. The second-order valence-corrected chi connectivity index (χ2v) is 5.42. The molecule has 120 valence electrons. The van der Waals surface area contributed by atoms with Crippen molar-refractivity contribution in [3.63, 3.8) is 0 Å². The minimum atomic E-state index is -0.220. The van der Waals surface area contributed by atoms with Crippen molar-refractivity contribution in [2.75, 3.05) is 19.7 Å². The van der Waals surface area contributed by atoms with Gasteiger partial charge in [-0.25, -0.2) is 4.79 Å². The minimum Gasteiger partial charge on any atom is -0.459 e. The van der Waals surface area contributed by atoms with E-state index >= 15 is 0 Å². The number of furan rings is 1. The lowest BCUT2D eigenvalue weighted by Crippen LogP contribution is -2.42. The molecule has 2 rings (SSSR count). The van der Waals surface area contributed by atoms with Crippen LogP contribution in [0.15, 0.2) is 34.7 Å². The molecule has 0 radical (unpaired) electrons. The van der Waals surface area contributed by atoms with E-state index in [0.29, 0.717) is 13.1 Å². The summed E-state index contributed by atoms with van der Waals surface area (Å²) in [5, 5.41) is 13.0. The molecule has 0 saturated heterocycles. The summed E-state index contributed by atoms with van der Waals surface area (Å²) in [7, 11) is 0. The highest BCUT2D eigenvalue weighted by atomic mass is 16.3. The molecule has 1 atom stereocenters. The Bertz CT molecular complexity index is 576. The van der Waals surface area contributed by atoms with E-state index in [0.717, 1.165) is 29.6 Å². The lowest BCUT2D eigenvalue weighted by atomic mass is 10.2. The molecule has 0 fully saturated rings. The molecule has 0 aliphatic heterocycles. The van der Waals surface area contributed by atoms with Crippen molar-refractivity contribution in [3.8, 4) is 0 Å². The van der Waals surface area contributed by atoms with E-state index in [-0.39, 0.29) is 18.7 Å². The molecule has 1 heterocycles. The third kappa shape index (κ3) is 4.01. The van der Waals surface area contributed by atoms with Gasteiger partial charge in [-0.15, -0.1) is 0 Å². The summed E-state index contributed by atoms with van der Waals surface area (Å²) in [6.07, 6.45) is 1.93. The first-order chi connectivity index (χ1) is 10.7. The van der Waals surface area contributed by atoms with E-state index in [1.165, 1.54) is 0 Å². The molecule has 2 N–H and O–H groups in total. The van der Waals surface area contributed by atoms with Crippen LogP contribution in [0.3, 0.4) is 0 Å². The number of rotatable bonds is 7. The maximum absolute atomic E-state index is 12.3. The lowest BCUT2D eigenvalue weighted by molar-refractivity contribution is 0.172. The topological polar surface area (TPSA) is 65.7 Å². The highest BCUT2D eigenvalue weighted by Crippen LogP contribution is 2.23. The fourth-order valence-electron chi connectivity index (χ4n) is 2.35. The Labute approximate surface area is 130 Å². The van der Waals surface area contributed by atoms with Crippen LogP contribution in [0.5, 0.6) is 0 Å². The molecule has 0 spiro atoms. The van der Waals surface area contributed by atoms with Crippen LogP contribution >= 0.6 is 0 Å². The predicted octanol–water partition coefficient (Wildman–Crippen LogP) is 3.30. The van der Waals surface area contributed by atoms with Crippen molar-refractivity contribution in [2.24, 2.45) is 0 Å². The van der Waals surface area contributed by atoms with E-state index < -0.39 is 0 Å². The molecule has 22 heavy (non-hydrogen) atoms. The van der Waals surface area contributed by atoms with Crippen LogP contribution < -0.4 is 5.32 Å². The molecular formula is C17H24N2O3. The van der Waals surface area contributed by atoms with Crippen molar-refractivity contribution < 1.29 is 14.3 Å². The first-order valence-corrected chi connectivity index (χ1v) is 7.80. The summed E-state index contributed by atoms with van der Waals surface area (Å²) < 4.78 is 5.77. The van der Waals surface area contributed by atoms with E-state index in [1.54, 1.807) is 4.90 Å². The van der Waals surface area contributed by atoms with Gasteiger partial charge in [0.15, 0.2) is 0 Å². The molecule has 0 aliphatic rings. The van der Waals surface area contributed by atoms with E-state index in [4.69, 9.17) is 9.52 Å². The van der Waals surface area contributed by atoms with Crippen molar-refractivity contribution in [1.82, 2.24) is 10.2 Å². The normalized spacial score (nSPS) is 12.3. The van der Waals surface area contributed by atoms with Crippen molar-refractivity contribution in [1.29, 1.82) is 0 Å². The van der Waals surface area contributed by atoms with Gasteiger partial charge in [-0.3, -0.25) is 0 Å². The number of carbonyl (C=O) groups is 1. The Morgan fingerprint density at radius 2 is 2.14 bits per heavy atom. The van der Waals surface area contributed by atoms with Crippen LogP contribution in [-0.2, 0) is 0 Å². The maximum atomic E-state index is 12.3. The Kier molecular flexibility index (Phi) is 5.83. The molecule has 1 aromatic heterocycles. The van der Waals surface area contributed by atoms with Crippen LogP contribution in [-0.4, -0.2) is 35.7 Å². The number of benzene rings is 1. The van der Waals surface area contributed by atoms with E-state index in [9.17, 15) is 4.79 Å². The Hall–Kier alpha value is -2.01. The summed E-state index contributed by atoms with van der Waals surface area (Å²) in [5.74, 6) is 0.731. The molecule has 0 saturated carbocycles. The molecule has 0 aliphatic carbocycles. The Balaban J connectivity index is 2.02. The van der Waals surface area contributed by atoms with Gasteiger partial charge in [-0.05, 0) is 25.5 Å². The standard InChI is InChI=1S/C17H24N2O3/c1-3-4-9-19(10-11-20)17(21)18-13(2)16-12-14-7-5-6-8-15(14)22-16/h5-8,12-13,20H,3-4,9-11H2,1-2H3,(H,18,21). The van der Waals surface area contributed by atoms with Crippen molar-refractivity contribution >= 4 is 17.0 Å². The number of aliphatic hydroxyl groups excluding tert-OH is 1. The number of carbonyl (C=O) groups excluding carboxylic acids is 1. The number of unbranched alkanes of at least 4 members (excludes halogenated alkanes) is 1. The summed E-state index contributed by atoms with van der Waals surface area (Å²) in [6.45, 7) is 4.93. The molecule has 5 nitrogen and oxygen atoms in total. The van der Waals surface area contributed by atoms with Gasteiger partial charge in [0, 0.05) is 18.5 Å². The summed E-state index contributed by atoms with van der Waals surface area (Å²) >= 11 is 0. The number of nitrogens with zero attached hydrogens (tertiary/aromatic N) is 1. The SMILES string of the molecule is CCCCN(CCO)C(=O)NC(C)c1cc2ccccc2o1. The van der Waals surface area contributed by atoms with Gasteiger partial charge >= 0.3 is 6.03 Å². The highest BCUT2D eigenvalue weighted by Gasteiger charge is 2.18. The van der Waals surface area contributed by atoms with Gasteiger partial charge in [0.25, 0.3) is 0 Å². The van der Waals surface area contributed by atoms with Crippen LogP contribution in [0.1, 0.15) is 38.5 Å². The molecule has 2 aromatic rings. The average Bonchev–Trinajstić information content (AvgIpc) is 2.95. The number of hydrogen-bond donors (Lipinski definition) is 2. The van der Waals surface area contributed by atoms with Gasteiger partial charge in [-0.1, -0.05) is 31.5 Å². The zero-order chi connectivity index (χ0) is 15.9. The summed E-state index contributed by atoms with van der Waals surface area (Å²) in [4.78, 5) is 13.9. The molecule has 5 heteroatoms. The number of fused-ring (bicyclic) bond motifs is 1. The molecule has 0 bridgehead atoms. The quantitative estimate of drug-likeness (QED) is 0.825. The van der Waals surface area contributed by atoms with Gasteiger partial charge in [0.2, 0.25) is 0 Å². The second-order valence-electron chi connectivity index (χ2n) is 5.42. The van der Waals surface area contributed by atoms with Gasteiger partial charge in [0.05, 0.1) is 12.6 Å². The van der Waals surface area contributed by atoms with E-state index in [2.05, 4.69) is 12.2 Å². The first kappa shape index (κ1) is 16.4. The van der Waals surface area contributed by atoms with Crippen LogP contribution in [0.25, 0.3) is 11.0 Å². The zero-order valence-electron chi connectivity index (χ0n) is 13.2. The Morgan fingerprint density at radius 1 is 1.36 bits per heavy atom. The number of hydrogen-bond acceptors (Lipinski definition) is 3. The molecule has 2 amide bonds. The number of aliphatic hydroxyl groups is 1. The molecule has 1 unspecified atom stereocenters. The smallest absolute Gasteiger partial charge is 0.318 e. The average molecular weight is 304 g/mol. The molecule has 1 aromatic carbocycles. The third-order valence-electron chi connectivity index (χ3n) is 3.65. The minimum absolute atomic E-state index is 0.0316. The first-order valence-electron chi connectivity index (χ1n) is 7.80. The molecular weight excluding hydrogens is 280 g/mol. The fourth-order valence-corrected chi connectivity index (χ4v) is 2.35. The van der Waals surface area contributed by atoms with Gasteiger partial charge in [0.1, 0.15) is 11.3 Å². The Morgan fingerprint density at radius 3 is 2.82 bits per heavy atom.